The zero-order chi connectivity index (χ0) is 23.0. The second-order valence-corrected chi connectivity index (χ2v) is 7.81. The lowest BCUT2D eigenvalue weighted by Crippen LogP contribution is -2.50. The van der Waals surface area contributed by atoms with Crippen molar-refractivity contribution in [3.05, 3.63) is 30.2 Å². The van der Waals surface area contributed by atoms with Crippen molar-refractivity contribution in [1.82, 2.24) is 19.9 Å². The van der Waals surface area contributed by atoms with Gasteiger partial charge in [-0.15, -0.1) is 0 Å². The Balaban J connectivity index is 1.31. The van der Waals surface area contributed by atoms with Gasteiger partial charge < -0.3 is 36.2 Å². The predicted octanol–water partition coefficient (Wildman–Crippen LogP) is 1.05. The summed E-state index contributed by atoms with van der Waals surface area (Å²) in [5.74, 6) is 1.54. The van der Waals surface area contributed by atoms with E-state index in [1.165, 1.54) is 19.0 Å². The molecule has 33 heavy (non-hydrogen) atoms. The van der Waals surface area contributed by atoms with Crippen molar-refractivity contribution < 1.29 is 14.4 Å². The largest absolute Gasteiger partial charge is 0.474 e. The summed E-state index contributed by atoms with van der Waals surface area (Å²) in [5, 5.41) is 6.78. The highest BCUT2D eigenvalue weighted by molar-refractivity contribution is 5.92. The van der Waals surface area contributed by atoms with Crippen LogP contribution in [-0.4, -0.2) is 77.5 Å². The molecule has 5 N–H and O–H groups in total. The van der Waals surface area contributed by atoms with Gasteiger partial charge in [-0.05, 0) is 25.3 Å². The van der Waals surface area contributed by atoms with Crippen LogP contribution in [0.5, 0.6) is 5.88 Å². The van der Waals surface area contributed by atoms with Crippen LogP contribution in [0.15, 0.2) is 29.8 Å². The van der Waals surface area contributed by atoms with Crippen molar-refractivity contribution in [2.24, 2.45) is 10.9 Å². The van der Waals surface area contributed by atoms with Gasteiger partial charge in [0, 0.05) is 38.8 Å². The van der Waals surface area contributed by atoms with E-state index in [-0.39, 0.29) is 12.1 Å². The SMILES string of the molecule is NCCO/N=C/c1c(N)ncnc1N1CCN(C(=O)Nc2ccc(OC3CCC3)nc2)CC1. The molecule has 2 aliphatic rings. The number of aromatic nitrogens is 3. The Morgan fingerprint density at radius 1 is 1.21 bits per heavy atom. The van der Waals surface area contributed by atoms with Crippen LogP contribution >= 0.6 is 0 Å². The summed E-state index contributed by atoms with van der Waals surface area (Å²) in [6.45, 7) is 2.88. The number of nitrogens with two attached hydrogens (primary N) is 2. The number of urea groups is 1. The highest BCUT2D eigenvalue weighted by atomic mass is 16.6. The van der Waals surface area contributed by atoms with Crippen molar-refractivity contribution in [2.45, 2.75) is 25.4 Å². The lowest BCUT2D eigenvalue weighted by Gasteiger charge is -2.35. The van der Waals surface area contributed by atoms with E-state index in [0.717, 1.165) is 12.8 Å². The molecule has 1 aliphatic carbocycles. The van der Waals surface area contributed by atoms with Crippen LogP contribution in [0.2, 0.25) is 0 Å². The number of carbonyl (C=O) groups excluding carboxylic acids is 1. The monoisotopic (exact) mass is 455 g/mol. The fraction of sp³-hybridized carbons (Fsp3) is 0.476. The van der Waals surface area contributed by atoms with Gasteiger partial charge in [-0.3, -0.25) is 0 Å². The number of hydrogen-bond donors (Lipinski definition) is 3. The van der Waals surface area contributed by atoms with Gasteiger partial charge in [0.1, 0.15) is 30.7 Å². The number of rotatable bonds is 8. The topological polar surface area (TPSA) is 157 Å². The van der Waals surface area contributed by atoms with E-state index >= 15 is 0 Å². The number of carbonyl (C=O) groups is 1. The standard InChI is InChI=1S/C21H29N9O3/c22-6-11-32-27-13-17-19(23)25-14-26-20(17)29-7-9-30(10-8-29)21(31)28-15-4-5-18(24-12-15)33-16-2-1-3-16/h4-5,12-14,16H,1-3,6-11,22H2,(H,28,31)(H2,23,25,26)/b27-13+. The fourth-order valence-electron chi connectivity index (χ4n) is 3.48. The number of piperazine rings is 1. The van der Waals surface area contributed by atoms with Gasteiger partial charge in [-0.25, -0.2) is 19.7 Å². The Hall–Kier alpha value is -3.67. The highest BCUT2D eigenvalue weighted by Crippen LogP contribution is 2.25. The molecule has 4 rings (SSSR count). The van der Waals surface area contributed by atoms with Gasteiger partial charge in [0.05, 0.1) is 23.7 Å². The van der Waals surface area contributed by atoms with Crippen LogP contribution in [0, 0.1) is 0 Å². The number of nitrogens with one attached hydrogen (secondary N) is 1. The Kier molecular flexibility index (Phi) is 7.35. The number of hydrogen-bond acceptors (Lipinski definition) is 10. The smallest absolute Gasteiger partial charge is 0.322 e. The average molecular weight is 456 g/mol. The number of ether oxygens (including phenoxy) is 1. The lowest BCUT2D eigenvalue weighted by atomic mass is 9.96. The van der Waals surface area contributed by atoms with Crippen molar-refractivity contribution in [3.63, 3.8) is 0 Å². The molecule has 0 aromatic carbocycles. The number of pyridine rings is 1. The summed E-state index contributed by atoms with van der Waals surface area (Å²) in [7, 11) is 0. The maximum absolute atomic E-state index is 12.7. The molecule has 12 nitrogen and oxygen atoms in total. The molecule has 2 amide bonds. The molecular weight excluding hydrogens is 426 g/mol. The minimum Gasteiger partial charge on any atom is -0.474 e. The molecule has 1 aliphatic heterocycles. The summed E-state index contributed by atoms with van der Waals surface area (Å²) in [6, 6.07) is 3.41. The van der Waals surface area contributed by atoms with E-state index in [4.69, 9.17) is 21.0 Å². The molecule has 3 heterocycles. The molecule has 2 aromatic rings. The van der Waals surface area contributed by atoms with E-state index in [2.05, 4.69) is 25.4 Å². The molecule has 0 spiro atoms. The van der Waals surface area contributed by atoms with E-state index < -0.39 is 0 Å². The molecule has 176 valence electrons. The Bertz CT molecular complexity index is 958. The van der Waals surface area contributed by atoms with Crippen molar-refractivity contribution in [3.8, 4) is 5.88 Å². The molecule has 0 radical (unpaired) electrons. The van der Waals surface area contributed by atoms with Crippen molar-refractivity contribution in [1.29, 1.82) is 0 Å². The third kappa shape index (κ3) is 5.77. The summed E-state index contributed by atoms with van der Waals surface area (Å²) >= 11 is 0. The molecule has 2 aromatic heterocycles. The van der Waals surface area contributed by atoms with Crippen LogP contribution in [0.25, 0.3) is 0 Å². The number of nitrogens with zero attached hydrogens (tertiary/aromatic N) is 6. The zero-order valence-electron chi connectivity index (χ0n) is 18.4. The number of nitrogen functional groups attached to an aromatic ring is 1. The normalized spacial score (nSPS) is 16.5. The number of oxime groups is 1. The summed E-state index contributed by atoms with van der Waals surface area (Å²) in [4.78, 5) is 34.2. The van der Waals surface area contributed by atoms with E-state index in [9.17, 15) is 4.79 Å². The van der Waals surface area contributed by atoms with Gasteiger partial charge in [0.25, 0.3) is 0 Å². The van der Waals surface area contributed by atoms with E-state index in [0.29, 0.717) is 68.1 Å². The minimum absolute atomic E-state index is 0.178. The first kappa shape index (κ1) is 22.5. The second-order valence-electron chi connectivity index (χ2n) is 7.81. The molecule has 1 saturated carbocycles. The van der Waals surface area contributed by atoms with E-state index in [1.54, 1.807) is 23.2 Å². The highest BCUT2D eigenvalue weighted by Gasteiger charge is 2.24. The maximum Gasteiger partial charge on any atom is 0.322 e. The van der Waals surface area contributed by atoms with Gasteiger partial charge in [0.15, 0.2) is 0 Å². The van der Waals surface area contributed by atoms with Crippen LogP contribution in [0.4, 0.5) is 22.1 Å². The van der Waals surface area contributed by atoms with Gasteiger partial charge in [0.2, 0.25) is 5.88 Å². The van der Waals surface area contributed by atoms with Crippen molar-refractivity contribution in [2.75, 3.05) is 55.3 Å². The lowest BCUT2D eigenvalue weighted by molar-refractivity contribution is 0.114. The Morgan fingerprint density at radius 3 is 2.70 bits per heavy atom. The predicted molar refractivity (Wildman–Crippen MR) is 124 cm³/mol. The molecule has 0 atom stereocenters. The fourth-order valence-corrected chi connectivity index (χ4v) is 3.48. The zero-order valence-corrected chi connectivity index (χ0v) is 18.4. The van der Waals surface area contributed by atoms with Crippen molar-refractivity contribution >= 4 is 29.6 Å². The second kappa shape index (κ2) is 10.8. The summed E-state index contributed by atoms with van der Waals surface area (Å²) in [5.41, 5.74) is 12.6. The summed E-state index contributed by atoms with van der Waals surface area (Å²) < 4.78 is 5.75. The van der Waals surface area contributed by atoms with E-state index in [1.807, 2.05) is 4.90 Å². The van der Waals surface area contributed by atoms with Gasteiger partial charge in [-0.2, -0.15) is 0 Å². The number of amides is 2. The Labute approximate surface area is 192 Å². The van der Waals surface area contributed by atoms with Crippen LogP contribution in [-0.2, 0) is 4.84 Å². The average Bonchev–Trinajstić information content (AvgIpc) is 2.81. The van der Waals surface area contributed by atoms with Crippen LogP contribution in [0.3, 0.4) is 0 Å². The Morgan fingerprint density at radius 2 is 2.03 bits per heavy atom. The molecule has 2 fully saturated rings. The molecular formula is C21H29N9O3. The maximum atomic E-state index is 12.7. The van der Waals surface area contributed by atoms with Gasteiger partial charge >= 0.3 is 6.03 Å². The number of anilines is 3. The molecule has 1 saturated heterocycles. The first-order valence-corrected chi connectivity index (χ1v) is 11.0. The van der Waals surface area contributed by atoms with Gasteiger partial charge in [-0.1, -0.05) is 5.16 Å². The summed E-state index contributed by atoms with van der Waals surface area (Å²) in [6.07, 6.45) is 8.13. The quantitative estimate of drug-likeness (QED) is 0.300. The third-order valence-corrected chi connectivity index (χ3v) is 5.55. The van der Waals surface area contributed by atoms with Crippen LogP contribution < -0.4 is 26.4 Å². The molecule has 0 unspecified atom stereocenters. The minimum atomic E-state index is -0.178. The molecule has 0 bridgehead atoms. The van der Waals surface area contributed by atoms with Crippen LogP contribution in [0.1, 0.15) is 24.8 Å². The molecule has 12 heteroatoms. The first-order valence-electron chi connectivity index (χ1n) is 11.0. The third-order valence-electron chi connectivity index (χ3n) is 5.55. The first-order chi connectivity index (χ1) is 16.1.